The summed E-state index contributed by atoms with van der Waals surface area (Å²) in [7, 11) is 1.62. The van der Waals surface area contributed by atoms with Crippen molar-refractivity contribution in [3.8, 4) is 0 Å². The normalized spacial score (nSPS) is 40.2. The molecular formula is C17H26F2O4. The molecule has 6 heteroatoms. The van der Waals surface area contributed by atoms with Gasteiger partial charge in [0.05, 0.1) is 6.61 Å². The van der Waals surface area contributed by atoms with E-state index in [4.69, 9.17) is 14.2 Å². The zero-order valence-corrected chi connectivity index (χ0v) is 14.0. The van der Waals surface area contributed by atoms with Crippen molar-refractivity contribution in [1.82, 2.24) is 0 Å². The van der Waals surface area contributed by atoms with Crippen LogP contribution >= 0.6 is 0 Å². The van der Waals surface area contributed by atoms with Crippen molar-refractivity contribution < 1.29 is 27.8 Å². The van der Waals surface area contributed by atoms with Crippen LogP contribution in [0.5, 0.6) is 0 Å². The molecule has 0 saturated heterocycles. The highest BCUT2D eigenvalue weighted by atomic mass is 19.3. The molecule has 132 valence electrons. The minimum atomic E-state index is -3.41. The third-order valence-corrected chi connectivity index (χ3v) is 5.87. The Morgan fingerprint density at radius 3 is 2.39 bits per heavy atom. The lowest BCUT2D eigenvalue weighted by molar-refractivity contribution is -0.214. The number of ether oxygens (including phenoxy) is 3. The molecule has 0 N–H and O–H groups in total. The molecular weight excluding hydrogens is 306 g/mol. The summed E-state index contributed by atoms with van der Waals surface area (Å²) >= 11 is 0. The summed E-state index contributed by atoms with van der Waals surface area (Å²) in [6.45, 7) is 3.11. The molecule has 23 heavy (non-hydrogen) atoms. The van der Waals surface area contributed by atoms with Gasteiger partial charge in [0.2, 0.25) is 0 Å². The summed E-state index contributed by atoms with van der Waals surface area (Å²) < 4.78 is 42.5. The maximum Gasteiger partial charge on any atom is 0.376 e. The van der Waals surface area contributed by atoms with Crippen molar-refractivity contribution in [3.05, 3.63) is 0 Å². The lowest BCUT2D eigenvalue weighted by atomic mass is 9.49. The van der Waals surface area contributed by atoms with Gasteiger partial charge in [-0.05, 0) is 62.2 Å². The summed E-state index contributed by atoms with van der Waals surface area (Å²) in [5, 5.41) is 0. The second-order valence-electron chi connectivity index (χ2n) is 7.84. The van der Waals surface area contributed by atoms with Gasteiger partial charge >= 0.3 is 11.9 Å². The predicted molar refractivity (Wildman–Crippen MR) is 78.9 cm³/mol. The molecule has 0 aliphatic heterocycles. The highest BCUT2D eigenvalue weighted by Gasteiger charge is 2.57. The van der Waals surface area contributed by atoms with Crippen LogP contribution in [0.25, 0.3) is 0 Å². The Balaban J connectivity index is 1.66. The first-order valence-electron chi connectivity index (χ1n) is 8.46. The van der Waals surface area contributed by atoms with Gasteiger partial charge in [-0.25, -0.2) is 4.79 Å². The lowest BCUT2D eigenvalue weighted by Crippen LogP contribution is -2.56. The summed E-state index contributed by atoms with van der Waals surface area (Å²) in [6, 6.07) is 0. The van der Waals surface area contributed by atoms with Gasteiger partial charge in [-0.3, -0.25) is 0 Å². The Labute approximate surface area is 135 Å². The summed E-state index contributed by atoms with van der Waals surface area (Å²) in [5.74, 6) is -3.81. The molecule has 4 bridgehead atoms. The number of hydrogen-bond acceptors (Lipinski definition) is 4. The fourth-order valence-corrected chi connectivity index (χ4v) is 5.10. The first kappa shape index (κ1) is 17.1. The van der Waals surface area contributed by atoms with Gasteiger partial charge < -0.3 is 14.2 Å². The predicted octanol–water partition coefficient (Wildman–Crippen LogP) is 3.39. The monoisotopic (exact) mass is 332 g/mol. The topological polar surface area (TPSA) is 44.8 Å². The van der Waals surface area contributed by atoms with E-state index in [2.05, 4.69) is 0 Å². The van der Waals surface area contributed by atoms with E-state index in [9.17, 15) is 13.6 Å². The smallest absolute Gasteiger partial charge is 0.376 e. The molecule has 0 aromatic carbocycles. The molecule has 4 aliphatic carbocycles. The van der Waals surface area contributed by atoms with Crippen LogP contribution in [0.1, 0.15) is 46.0 Å². The van der Waals surface area contributed by atoms with E-state index >= 15 is 0 Å². The average Bonchev–Trinajstić information content (AvgIpc) is 2.46. The third-order valence-electron chi connectivity index (χ3n) is 5.87. The van der Waals surface area contributed by atoms with Crippen molar-refractivity contribution in [1.29, 1.82) is 0 Å². The lowest BCUT2D eigenvalue weighted by Gasteiger charge is -2.59. The molecule has 0 aromatic heterocycles. The number of carbonyl (C=O) groups excluding carboxylic acids is 1. The molecule has 0 radical (unpaired) electrons. The van der Waals surface area contributed by atoms with Crippen LogP contribution < -0.4 is 0 Å². The number of hydrogen-bond donors (Lipinski definition) is 0. The molecule has 3 atom stereocenters. The van der Waals surface area contributed by atoms with Crippen molar-refractivity contribution in [2.75, 3.05) is 13.7 Å². The fourth-order valence-electron chi connectivity index (χ4n) is 5.10. The number of rotatable bonds is 6. The Kier molecular flexibility index (Phi) is 4.42. The summed E-state index contributed by atoms with van der Waals surface area (Å²) in [5.41, 5.74) is 0.0981. The number of esters is 1. The van der Waals surface area contributed by atoms with Gasteiger partial charge in [-0.2, -0.15) is 8.78 Å². The highest BCUT2D eigenvalue weighted by Crippen LogP contribution is 2.61. The number of halogens is 2. The Morgan fingerprint density at radius 2 is 1.87 bits per heavy atom. The molecule has 4 rings (SSSR count). The molecule has 0 amide bonds. The largest absolute Gasteiger partial charge is 0.457 e. The van der Waals surface area contributed by atoms with Crippen molar-refractivity contribution in [2.24, 2.45) is 23.2 Å². The first-order chi connectivity index (χ1) is 10.7. The molecule has 0 heterocycles. The molecule has 4 aliphatic rings. The van der Waals surface area contributed by atoms with Crippen molar-refractivity contribution in [2.45, 2.75) is 64.3 Å². The second-order valence-corrected chi connectivity index (χ2v) is 7.84. The SMILES string of the molecule is COC(C)OCC12CC3CC(C1)C(OC(=O)C(C)(F)F)C(C3)C2. The minimum Gasteiger partial charge on any atom is -0.457 e. The van der Waals surface area contributed by atoms with Gasteiger partial charge in [0.15, 0.2) is 6.29 Å². The number of carbonyl (C=O) groups is 1. The maximum atomic E-state index is 13.1. The number of alkyl halides is 2. The van der Waals surface area contributed by atoms with Crippen LogP contribution in [0.15, 0.2) is 0 Å². The zero-order chi connectivity index (χ0) is 16.8. The van der Waals surface area contributed by atoms with Gasteiger partial charge in [0.25, 0.3) is 0 Å². The molecule has 0 spiro atoms. The van der Waals surface area contributed by atoms with Gasteiger partial charge in [-0.1, -0.05) is 0 Å². The summed E-state index contributed by atoms with van der Waals surface area (Å²) in [4.78, 5) is 11.6. The molecule has 3 unspecified atom stereocenters. The zero-order valence-electron chi connectivity index (χ0n) is 14.0. The van der Waals surface area contributed by atoms with Gasteiger partial charge in [0, 0.05) is 14.0 Å². The maximum absolute atomic E-state index is 13.1. The molecule has 4 saturated carbocycles. The summed E-state index contributed by atoms with van der Waals surface area (Å²) in [6.07, 6.45) is 4.28. The van der Waals surface area contributed by atoms with E-state index in [0.29, 0.717) is 19.4 Å². The minimum absolute atomic E-state index is 0.0981. The molecule has 0 aromatic rings. The van der Waals surface area contributed by atoms with Crippen LogP contribution in [-0.4, -0.2) is 38.0 Å². The Bertz CT molecular complexity index is 446. The van der Waals surface area contributed by atoms with E-state index < -0.39 is 11.9 Å². The standard InChI is InChI=1S/C17H26F2O4/c1-10(21-3)22-9-17-6-11-4-12(7-17)14(13(5-11)8-17)23-15(20)16(2,18)19/h10-14H,4-9H2,1-3H3. The van der Waals surface area contributed by atoms with E-state index in [0.717, 1.165) is 32.1 Å². The van der Waals surface area contributed by atoms with E-state index in [1.54, 1.807) is 7.11 Å². The Hall–Kier alpha value is -0.750. The van der Waals surface area contributed by atoms with Crippen LogP contribution in [0.2, 0.25) is 0 Å². The van der Waals surface area contributed by atoms with Crippen LogP contribution in [0.4, 0.5) is 8.78 Å². The van der Waals surface area contributed by atoms with Crippen LogP contribution in [0, 0.1) is 23.2 Å². The van der Waals surface area contributed by atoms with Crippen LogP contribution in [-0.2, 0) is 19.0 Å². The van der Waals surface area contributed by atoms with Gasteiger partial charge in [-0.15, -0.1) is 0 Å². The van der Waals surface area contributed by atoms with Crippen LogP contribution in [0.3, 0.4) is 0 Å². The van der Waals surface area contributed by atoms with E-state index in [1.807, 2.05) is 6.92 Å². The van der Waals surface area contributed by atoms with E-state index in [-0.39, 0.29) is 29.6 Å². The second kappa shape index (κ2) is 5.96. The highest BCUT2D eigenvalue weighted by molar-refractivity contribution is 5.77. The fraction of sp³-hybridized carbons (Fsp3) is 0.941. The molecule has 4 fully saturated rings. The third kappa shape index (κ3) is 3.38. The van der Waals surface area contributed by atoms with Crippen molar-refractivity contribution >= 4 is 5.97 Å². The van der Waals surface area contributed by atoms with E-state index in [1.165, 1.54) is 0 Å². The number of methoxy groups -OCH3 is 1. The Morgan fingerprint density at radius 1 is 1.26 bits per heavy atom. The molecule has 4 nitrogen and oxygen atoms in total. The quantitative estimate of drug-likeness (QED) is 0.552. The average molecular weight is 332 g/mol. The van der Waals surface area contributed by atoms with Gasteiger partial charge in [0.1, 0.15) is 6.10 Å². The van der Waals surface area contributed by atoms with Crippen molar-refractivity contribution in [3.63, 3.8) is 0 Å². The first-order valence-corrected chi connectivity index (χ1v) is 8.46.